The molecule has 8 nitrogen and oxygen atoms in total. The van der Waals surface area contributed by atoms with Gasteiger partial charge in [0.25, 0.3) is 0 Å². The van der Waals surface area contributed by atoms with Crippen molar-refractivity contribution in [1.29, 1.82) is 0 Å². The first-order valence-electron chi connectivity index (χ1n) is 13.7. The third-order valence-corrected chi connectivity index (χ3v) is 8.92. The number of nitrogens with zero attached hydrogens (tertiary/aromatic N) is 1. The molecule has 1 aliphatic rings. The van der Waals surface area contributed by atoms with Crippen molar-refractivity contribution in [2.24, 2.45) is 11.3 Å². The van der Waals surface area contributed by atoms with Gasteiger partial charge in [0.1, 0.15) is 18.1 Å². The summed E-state index contributed by atoms with van der Waals surface area (Å²) in [4.78, 5) is 52.2. The topological polar surface area (TPSA) is 110 Å². The van der Waals surface area contributed by atoms with Crippen molar-refractivity contribution in [2.45, 2.75) is 45.4 Å². The van der Waals surface area contributed by atoms with Gasteiger partial charge in [-0.2, -0.15) is 0 Å². The molecule has 222 valence electrons. The van der Waals surface area contributed by atoms with Crippen molar-refractivity contribution < 1.29 is 29.0 Å². The van der Waals surface area contributed by atoms with E-state index in [1.54, 1.807) is 12.1 Å². The van der Waals surface area contributed by atoms with Gasteiger partial charge in [0, 0.05) is 22.1 Å². The summed E-state index contributed by atoms with van der Waals surface area (Å²) < 4.78 is 4.57. The number of hydrogen-bond donors (Lipinski definition) is 2. The quantitative estimate of drug-likeness (QED) is 0.226. The molecule has 1 aliphatic heterocycles. The van der Waals surface area contributed by atoms with Crippen LogP contribution in [0.25, 0.3) is 10.8 Å². The maximum atomic E-state index is 14.5. The second-order valence-corrected chi connectivity index (χ2v) is 13.4. The van der Waals surface area contributed by atoms with Gasteiger partial charge in [-0.25, -0.2) is 4.79 Å². The number of rotatable bonds is 9. The Bertz CT molecular complexity index is 1530. The van der Waals surface area contributed by atoms with Gasteiger partial charge in [0.2, 0.25) is 0 Å². The van der Waals surface area contributed by atoms with Crippen LogP contribution in [0.5, 0.6) is 0 Å². The molecule has 0 bridgehead atoms. The molecule has 3 aromatic rings. The molecule has 0 aromatic heterocycles. The number of Topliss-reactive ketones (excluding diaryl/α,β-unsaturated/α-hetero) is 1. The lowest BCUT2D eigenvalue weighted by Crippen LogP contribution is -2.71. The number of fused-ring (bicyclic) bond motifs is 2. The number of methoxy groups -OCH3 is 1. The number of amides is 1. The number of ether oxygens (including phenoxy) is 1. The van der Waals surface area contributed by atoms with E-state index in [0.717, 1.165) is 21.9 Å². The number of esters is 1. The van der Waals surface area contributed by atoms with E-state index in [4.69, 9.17) is 16.3 Å². The molecule has 0 spiro atoms. The minimum atomic E-state index is -1.41. The molecule has 0 saturated heterocycles. The molecule has 0 aliphatic carbocycles. The summed E-state index contributed by atoms with van der Waals surface area (Å²) in [5, 5.41) is 11.9. The fourth-order valence-electron chi connectivity index (χ4n) is 5.74. The molecular formula is C32H36ClN2O6S+. The van der Waals surface area contributed by atoms with Crippen molar-refractivity contribution in [2.75, 3.05) is 19.4 Å². The van der Waals surface area contributed by atoms with E-state index in [1.807, 2.05) is 69.3 Å². The van der Waals surface area contributed by atoms with Gasteiger partial charge < -0.3 is 9.84 Å². The number of benzene rings is 3. The van der Waals surface area contributed by atoms with E-state index in [9.17, 15) is 24.3 Å². The van der Waals surface area contributed by atoms with Crippen molar-refractivity contribution in [3.63, 3.8) is 0 Å². The number of halogens is 1. The molecule has 0 radical (unpaired) electrons. The highest BCUT2D eigenvalue weighted by molar-refractivity contribution is 8.00. The van der Waals surface area contributed by atoms with Gasteiger partial charge in [-0.05, 0) is 35.4 Å². The van der Waals surface area contributed by atoms with E-state index >= 15 is 0 Å². The van der Waals surface area contributed by atoms with Crippen molar-refractivity contribution in [3.05, 3.63) is 76.8 Å². The number of thioether (sulfide) groups is 1. The molecule has 42 heavy (non-hydrogen) atoms. The monoisotopic (exact) mass is 611 g/mol. The lowest BCUT2D eigenvalue weighted by molar-refractivity contribution is -0.152. The summed E-state index contributed by atoms with van der Waals surface area (Å²) >= 11 is 8.05. The average Bonchev–Trinajstić information content (AvgIpc) is 3.03. The molecule has 1 amide bonds. The van der Waals surface area contributed by atoms with Crippen LogP contribution in [0.15, 0.2) is 60.7 Å². The van der Waals surface area contributed by atoms with Crippen LogP contribution in [-0.2, 0) is 23.9 Å². The second-order valence-electron chi connectivity index (χ2n) is 11.8. The van der Waals surface area contributed by atoms with Gasteiger partial charge >= 0.3 is 17.8 Å². The molecule has 4 atom stereocenters. The standard InChI is InChI=1S/C32H35ClN2O6S/c1-19(36)24(16-28(38)39)29(31(40)41-5)34-35(18-32(2,3)4)26-14-13-21(33)15-25(26)30(42-17-27(35)37)23-12-8-10-20-9-6-7-11-22(20)23/h6-15,24,29-30,34H,16-18H2,1-5H3/p+1/t24?,29-,30+,35-/m0/s1. The Morgan fingerprint density at radius 1 is 1.10 bits per heavy atom. The average molecular weight is 612 g/mol. The van der Waals surface area contributed by atoms with Crippen LogP contribution in [0, 0.1) is 11.3 Å². The van der Waals surface area contributed by atoms with E-state index in [2.05, 4.69) is 5.43 Å². The van der Waals surface area contributed by atoms with Crippen LogP contribution in [0.4, 0.5) is 5.69 Å². The van der Waals surface area contributed by atoms with E-state index < -0.39 is 46.1 Å². The number of carbonyl (C=O) groups excluding carboxylic acids is 3. The normalized spacial score (nSPS) is 20.3. The summed E-state index contributed by atoms with van der Waals surface area (Å²) in [5.41, 5.74) is 5.13. The first-order valence-corrected chi connectivity index (χ1v) is 15.1. The molecule has 4 rings (SSSR count). The molecule has 2 N–H and O–H groups in total. The van der Waals surface area contributed by atoms with E-state index in [-0.39, 0.29) is 23.5 Å². The molecule has 0 saturated carbocycles. The summed E-state index contributed by atoms with van der Waals surface area (Å²) in [6.45, 7) is 7.37. The van der Waals surface area contributed by atoms with Crippen LogP contribution >= 0.6 is 23.4 Å². The highest BCUT2D eigenvalue weighted by Crippen LogP contribution is 2.48. The number of ketones is 1. The summed E-state index contributed by atoms with van der Waals surface area (Å²) in [7, 11) is 1.17. The number of aliphatic carboxylic acids is 1. The summed E-state index contributed by atoms with van der Waals surface area (Å²) in [6, 6.07) is 18.0. The predicted molar refractivity (Wildman–Crippen MR) is 166 cm³/mol. The Labute approximate surface area is 254 Å². The number of hydrogen-bond acceptors (Lipinski definition) is 7. The Hall–Kier alpha value is -3.24. The van der Waals surface area contributed by atoms with Gasteiger partial charge in [0.15, 0.2) is 11.7 Å². The Morgan fingerprint density at radius 3 is 2.43 bits per heavy atom. The van der Waals surface area contributed by atoms with Crippen LogP contribution < -0.4 is 10.0 Å². The van der Waals surface area contributed by atoms with Gasteiger partial charge in [0.05, 0.1) is 24.7 Å². The zero-order chi connectivity index (χ0) is 30.8. The highest BCUT2D eigenvalue weighted by atomic mass is 35.5. The van der Waals surface area contributed by atoms with Crippen LogP contribution in [0.1, 0.15) is 50.5 Å². The zero-order valence-electron chi connectivity index (χ0n) is 24.3. The largest absolute Gasteiger partial charge is 0.481 e. The molecule has 0 fully saturated rings. The van der Waals surface area contributed by atoms with E-state index in [0.29, 0.717) is 10.7 Å². The van der Waals surface area contributed by atoms with Crippen LogP contribution in [-0.4, -0.2) is 54.2 Å². The fourth-order valence-corrected chi connectivity index (χ4v) is 7.20. The fraction of sp³-hybridized carbons (Fsp3) is 0.375. The van der Waals surface area contributed by atoms with Crippen LogP contribution in [0.2, 0.25) is 5.02 Å². The Morgan fingerprint density at radius 2 is 1.79 bits per heavy atom. The Balaban J connectivity index is 2.00. The lowest BCUT2D eigenvalue weighted by Gasteiger charge is -2.42. The van der Waals surface area contributed by atoms with Crippen molar-refractivity contribution in [3.8, 4) is 0 Å². The smallest absolute Gasteiger partial charge is 0.347 e. The summed E-state index contributed by atoms with van der Waals surface area (Å²) in [5.74, 6) is -4.01. The number of quaternary nitrogens is 1. The van der Waals surface area contributed by atoms with E-state index in [1.165, 1.54) is 25.8 Å². The number of carboxylic acid groups (broad SMARTS) is 1. The third kappa shape index (κ3) is 6.54. The third-order valence-electron chi connectivity index (χ3n) is 7.43. The first kappa shape index (κ1) is 31.7. The maximum Gasteiger partial charge on any atom is 0.347 e. The van der Waals surface area contributed by atoms with Gasteiger partial charge in [-0.1, -0.05) is 74.8 Å². The van der Waals surface area contributed by atoms with Gasteiger partial charge in [-0.3, -0.25) is 14.4 Å². The molecule has 3 aromatic carbocycles. The molecule has 1 heterocycles. The zero-order valence-corrected chi connectivity index (χ0v) is 25.9. The maximum absolute atomic E-state index is 14.5. The molecular weight excluding hydrogens is 576 g/mol. The SMILES string of the molecule is COC(=O)[C@@H](N[N@+]1(CC(C)(C)C)C(=O)CS[C@H](c2cccc3ccccc23)c2cc(Cl)ccc21)C(CC(=O)O)C(C)=O. The highest BCUT2D eigenvalue weighted by Gasteiger charge is 2.52. The van der Waals surface area contributed by atoms with Crippen molar-refractivity contribution >= 4 is 63.5 Å². The molecule has 10 heteroatoms. The first-order chi connectivity index (χ1) is 19.8. The number of nitrogens with one attached hydrogen (secondary N) is 1. The van der Waals surface area contributed by atoms with Crippen molar-refractivity contribution in [1.82, 2.24) is 10.0 Å². The minimum Gasteiger partial charge on any atom is -0.481 e. The number of carbonyl (C=O) groups is 4. The number of carboxylic acids is 1. The lowest BCUT2D eigenvalue weighted by atomic mass is 9.91. The predicted octanol–water partition coefficient (Wildman–Crippen LogP) is 5.94. The Kier molecular flexibility index (Phi) is 9.47. The van der Waals surface area contributed by atoms with Crippen LogP contribution in [0.3, 0.4) is 0 Å². The van der Waals surface area contributed by atoms with Gasteiger partial charge in [-0.15, -0.1) is 21.8 Å². The minimum absolute atomic E-state index is 0.0703. The second kappa shape index (κ2) is 12.6. The molecule has 1 unspecified atom stereocenters. The summed E-state index contributed by atoms with van der Waals surface area (Å²) in [6.07, 6.45) is -0.605.